The Morgan fingerprint density at radius 1 is 1.36 bits per heavy atom. The van der Waals surface area contributed by atoms with Gasteiger partial charge in [-0.25, -0.2) is 8.78 Å². The van der Waals surface area contributed by atoms with Crippen LogP contribution in [0.25, 0.3) is 0 Å². The van der Waals surface area contributed by atoms with Gasteiger partial charge in [-0.1, -0.05) is 13.0 Å². The lowest BCUT2D eigenvalue weighted by Gasteiger charge is -2.14. The lowest BCUT2D eigenvalue weighted by atomic mass is 10.1. The summed E-state index contributed by atoms with van der Waals surface area (Å²) < 4.78 is 25.9. The fourth-order valence-corrected chi connectivity index (χ4v) is 1.32. The number of nitrogens with one attached hydrogen (secondary N) is 1. The van der Waals surface area contributed by atoms with Crippen molar-refractivity contribution in [3.05, 3.63) is 35.4 Å². The van der Waals surface area contributed by atoms with Crippen LogP contribution in [0.5, 0.6) is 0 Å². The Balaban J connectivity index is 2.74. The SMILES string of the molecule is CCCNC(C)c1ccc(F)cc1F. The molecule has 3 heteroatoms. The second-order valence-electron chi connectivity index (χ2n) is 3.34. The summed E-state index contributed by atoms with van der Waals surface area (Å²) in [4.78, 5) is 0. The maximum atomic E-state index is 13.2. The van der Waals surface area contributed by atoms with Crippen LogP contribution in [0, 0.1) is 11.6 Å². The van der Waals surface area contributed by atoms with E-state index in [0.29, 0.717) is 5.56 Å². The molecule has 0 spiro atoms. The predicted octanol–water partition coefficient (Wildman–Crippen LogP) is 3.03. The maximum absolute atomic E-state index is 13.2. The van der Waals surface area contributed by atoms with E-state index in [4.69, 9.17) is 0 Å². The van der Waals surface area contributed by atoms with E-state index in [1.54, 1.807) is 0 Å². The first-order chi connectivity index (χ1) is 6.65. The highest BCUT2D eigenvalue weighted by molar-refractivity contribution is 5.21. The molecule has 0 bridgehead atoms. The molecule has 1 aromatic carbocycles. The Labute approximate surface area is 83.1 Å². The molecule has 78 valence electrons. The van der Waals surface area contributed by atoms with Crippen LogP contribution in [0.4, 0.5) is 8.78 Å². The molecule has 0 aliphatic heterocycles. The van der Waals surface area contributed by atoms with E-state index in [0.717, 1.165) is 19.0 Å². The van der Waals surface area contributed by atoms with Crippen LogP contribution in [0.2, 0.25) is 0 Å². The van der Waals surface area contributed by atoms with Crippen LogP contribution in [0.15, 0.2) is 18.2 Å². The predicted molar refractivity (Wildman–Crippen MR) is 53.1 cm³/mol. The van der Waals surface area contributed by atoms with E-state index in [2.05, 4.69) is 5.32 Å². The van der Waals surface area contributed by atoms with Crippen molar-refractivity contribution >= 4 is 0 Å². The van der Waals surface area contributed by atoms with Crippen LogP contribution < -0.4 is 5.32 Å². The molecule has 0 radical (unpaired) electrons. The van der Waals surface area contributed by atoms with Gasteiger partial charge in [-0.15, -0.1) is 0 Å². The third-order valence-electron chi connectivity index (χ3n) is 2.13. The normalized spacial score (nSPS) is 12.9. The molecular formula is C11H15F2N. The van der Waals surface area contributed by atoms with Crippen molar-refractivity contribution in [1.29, 1.82) is 0 Å². The molecule has 0 saturated carbocycles. The van der Waals surface area contributed by atoms with Gasteiger partial charge in [0.25, 0.3) is 0 Å². The first kappa shape index (κ1) is 11.1. The molecule has 0 aromatic heterocycles. The zero-order chi connectivity index (χ0) is 10.6. The highest BCUT2D eigenvalue weighted by atomic mass is 19.1. The summed E-state index contributed by atoms with van der Waals surface area (Å²) in [6.45, 7) is 4.74. The minimum absolute atomic E-state index is 0.0736. The van der Waals surface area contributed by atoms with Crippen LogP contribution in [-0.2, 0) is 0 Å². The third-order valence-corrected chi connectivity index (χ3v) is 2.13. The maximum Gasteiger partial charge on any atom is 0.130 e. The van der Waals surface area contributed by atoms with E-state index < -0.39 is 11.6 Å². The molecule has 0 aliphatic carbocycles. The lowest BCUT2D eigenvalue weighted by molar-refractivity contribution is 0.517. The van der Waals surface area contributed by atoms with Crippen molar-refractivity contribution < 1.29 is 8.78 Å². The minimum atomic E-state index is -0.533. The van der Waals surface area contributed by atoms with E-state index in [1.165, 1.54) is 12.1 Å². The third kappa shape index (κ3) is 2.77. The summed E-state index contributed by atoms with van der Waals surface area (Å²) in [5.41, 5.74) is 0.514. The number of hydrogen-bond acceptors (Lipinski definition) is 1. The summed E-state index contributed by atoms with van der Waals surface area (Å²) in [7, 11) is 0. The number of rotatable bonds is 4. The second-order valence-corrected chi connectivity index (χ2v) is 3.34. The first-order valence-electron chi connectivity index (χ1n) is 4.83. The second kappa shape index (κ2) is 5.05. The van der Waals surface area contributed by atoms with Crippen molar-refractivity contribution in [2.45, 2.75) is 26.3 Å². The molecule has 1 atom stereocenters. The van der Waals surface area contributed by atoms with Gasteiger partial charge < -0.3 is 5.32 Å². The average Bonchev–Trinajstić information content (AvgIpc) is 2.14. The van der Waals surface area contributed by atoms with Crippen molar-refractivity contribution in [3.63, 3.8) is 0 Å². The molecular weight excluding hydrogens is 184 g/mol. The van der Waals surface area contributed by atoms with Crippen molar-refractivity contribution in [1.82, 2.24) is 5.32 Å². The van der Waals surface area contributed by atoms with Gasteiger partial charge in [0.2, 0.25) is 0 Å². The summed E-state index contributed by atoms with van der Waals surface area (Å²) in [5.74, 6) is -1.02. The van der Waals surface area contributed by atoms with E-state index >= 15 is 0 Å². The van der Waals surface area contributed by atoms with E-state index in [1.807, 2.05) is 13.8 Å². The molecule has 1 rings (SSSR count). The van der Waals surface area contributed by atoms with Crippen LogP contribution in [0.3, 0.4) is 0 Å². The molecule has 0 heterocycles. The fraction of sp³-hybridized carbons (Fsp3) is 0.455. The van der Waals surface area contributed by atoms with Crippen molar-refractivity contribution in [2.24, 2.45) is 0 Å². The number of halogens is 2. The molecule has 1 N–H and O–H groups in total. The average molecular weight is 199 g/mol. The van der Waals surface area contributed by atoms with Gasteiger partial charge in [0.1, 0.15) is 11.6 Å². The van der Waals surface area contributed by atoms with Crippen molar-refractivity contribution in [3.8, 4) is 0 Å². The Morgan fingerprint density at radius 2 is 2.07 bits per heavy atom. The quantitative estimate of drug-likeness (QED) is 0.786. The van der Waals surface area contributed by atoms with E-state index in [-0.39, 0.29) is 6.04 Å². The molecule has 0 fully saturated rings. The number of benzene rings is 1. The Morgan fingerprint density at radius 3 is 2.64 bits per heavy atom. The van der Waals surface area contributed by atoms with Gasteiger partial charge in [-0.2, -0.15) is 0 Å². The fourth-order valence-electron chi connectivity index (χ4n) is 1.32. The summed E-state index contributed by atoms with van der Waals surface area (Å²) in [6, 6.07) is 3.61. The van der Waals surface area contributed by atoms with Gasteiger partial charge in [0.05, 0.1) is 0 Å². The summed E-state index contributed by atoms with van der Waals surface area (Å²) in [5, 5.41) is 3.15. The molecule has 1 unspecified atom stereocenters. The lowest BCUT2D eigenvalue weighted by Crippen LogP contribution is -2.20. The zero-order valence-corrected chi connectivity index (χ0v) is 8.48. The van der Waals surface area contributed by atoms with Crippen molar-refractivity contribution in [2.75, 3.05) is 6.54 Å². The van der Waals surface area contributed by atoms with Crippen LogP contribution >= 0.6 is 0 Å². The summed E-state index contributed by atoms with van der Waals surface area (Å²) >= 11 is 0. The number of hydrogen-bond donors (Lipinski definition) is 1. The molecule has 0 amide bonds. The standard InChI is InChI=1S/C11H15F2N/c1-3-6-14-8(2)10-5-4-9(12)7-11(10)13/h4-5,7-8,14H,3,6H2,1-2H3. The largest absolute Gasteiger partial charge is 0.310 e. The molecule has 0 aliphatic rings. The highest BCUT2D eigenvalue weighted by Crippen LogP contribution is 2.17. The van der Waals surface area contributed by atoms with Gasteiger partial charge in [0.15, 0.2) is 0 Å². The molecule has 0 saturated heterocycles. The van der Waals surface area contributed by atoms with Gasteiger partial charge in [-0.05, 0) is 26.0 Å². The molecule has 1 aromatic rings. The Hall–Kier alpha value is -0.960. The highest BCUT2D eigenvalue weighted by Gasteiger charge is 2.10. The van der Waals surface area contributed by atoms with Gasteiger partial charge >= 0.3 is 0 Å². The van der Waals surface area contributed by atoms with Gasteiger partial charge in [0, 0.05) is 17.7 Å². The molecule has 1 nitrogen and oxygen atoms in total. The molecule has 14 heavy (non-hydrogen) atoms. The first-order valence-corrected chi connectivity index (χ1v) is 4.83. The minimum Gasteiger partial charge on any atom is -0.310 e. The topological polar surface area (TPSA) is 12.0 Å². The smallest absolute Gasteiger partial charge is 0.130 e. The van der Waals surface area contributed by atoms with Crippen LogP contribution in [-0.4, -0.2) is 6.54 Å². The zero-order valence-electron chi connectivity index (χ0n) is 8.48. The van der Waals surface area contributed by atoms with Crippen LogP contribution in [0.1, 0.15) is 31.9 Å². The Kier molecular flexibility index (Phi) is 4.01. The van der Waals surface area contributed by atoms with E-state index in [9.17, 15) is 8.78 Å². The monoisotopic (exact) mass is 199 g/mol. The Bertz CT molecular complexity index is 299. The van der Waals surface area contributed by atoms with Gasteiger partial charge in [-0.3, -0.25) is 0 Å². The summed E-state index contributed by atoms with van der Waals surface area (Å²) in [6.07, 6.45) is 0.993.